The largest absolute Gasteiger partial charge is 0.355 e. The van der Waals surface area contributed by atoms with E-state index in [1.807, 2.05) is 45.0 Å². The molecule has 0 aliphatic carbocycles. The number of benzene rings is 2. The minimum atomic E-state index is -0.367. The summed E-state index contributed by atoms with van der Waals surface area (Å²) in [6.07, 6.45) is 0.875. The smallest absolute Gasteiger partial charge is 0.233 e. The molecule has 3 aromatic rings. The van der Waals surface area contributed by atoms with Crippen molar-refractivity contribution in [3.05, 3.63) is 59.9 Å². The highest BCUT2D eigenvalue weighted by Crippen LogP contribution is 2.31. The minimum absolute atomic E-state index is 0.0576. The lowest BCUT2D eigenvalue weighted by Crippen LogP contribution is -2.31. The van der Waals surface area contributed by atoms with Gasteiger partial charge in [-0.05, 0) is 44.5 Å². The molecule has 7 heteroatoms. The first-order valence-electron chi connectivity index (χ1n) is 9.23. The van der Waals surface area contributed by atoms with Gasteiger partial charge in [-0.25, -0.2) is 4.39 Å². The van der Waals surface area contributed by atoms with Crippen molar-refractivity contribution in [1.82, 2.24) is 20.1 Å². The van der Waals surface area contributed by atoms with Gasteiger partial charge in [0.1, 0.15) is 5.82 Å². The molecule has 146 valence electrons. The fraction of sp³-hybridized carbons (Fsp3) is 0.286. The second-order valence-corrected chi connectivity index (χ2v) is 7.82. The number of nitrogens with zero attached hydrogens (tertiary/aromatic N) is 3. The fourth-order valence-electron chi connectivity index (χ4n) is 2.69. The van der Waals surface area contributed by atoms with E-state index in [9.17, 15) is 9.18 Å². The maximum atomic E-state index is 14.4. The normalized spacial score (nSPS) is 12.0. The Morgan fingerprint density at radius 1 is 1.18 bits per heavy atom. The van der Waals surface area contributed by atoms with Gasteiger partial charge in [0.2, 0.25) is 5.91 Å². The van der Waals surface area contributed by atoms with E-state index in [0.717, 1.165) is 17.7 Å². The molecule has 1 heterocycles. The summed E-state index contributed by atoms with van der Waals surface area (Å²) in [7, 11) is 0. The number of hydrogen-bond donors (Lipinski definition) is 1. The highest BCUT2D eigenvalue weighted by Gasteiger charge is 2.22. The molecule has 3 rings (SSSR count). The molecule has 0 radical (unpaired) electrons. The first-order valence-corrected chi connectivity index (χ1v) is 10.1. The summed E-state index contributed by atoms with van der Waals surface area (Å²) >= 11 is 1.30. The molecule has 0 aliphatic heterocycles. The molecular weight excluding hydrogens is 375 g/mol. The van der Waals surface area contributed by atoms with Crippen molar-refractivity contribution in [2.75, 3.05) is 6.54 Å². The van der Waals surface area contributed by atoms with Crippen LogP contribution in [0.5, 0.6) is 0 Å². The summed E-state index contributed by atoms with van der Waals surface area (Å²) in [6.45, 7) is 6.47. The van der Waals surface area contributed by atoms with Crippen LogP contribution in [0.1, 0.15) is 25.8 Å². The van der Waals surface area contributed by atoms with E-state index in [1.165, 1.54) is 17.8 Å². The van der Waals surface area contributed by atoms with Crippen molar-refractivity contribution in [3.8, 4) is 17.1 Å². The van der Waals surface area contributed by atoms with Gasteiger partial charge in [0.15, 0.2) is 11.0 Å². The average molecular weight is 399 g/mol. The third-order valence-electron chi connectivity index (χ3n) is 4.24. The number of aryl methyl sites for hydroxylation is 1. The van der Waals surface area contributed by atoms with E-state index >= 15 is 0 Å². The predicted octanol–water partition coefficient (Wildman–Crippen LogP) is 4.39. The molecule has 28 heavy (non-hydrogen) atoms. The number of carbonyl (C=O) groups is 1. The lowest BCUT2D eigenvalue weighted by Gasteiger charge is -2.14. The van der Waals surface area contributed by atoms with Gasteiger partial charge >= 0.3 is 0 Å². The van der Waals surface area contributed by atoms with Gasteiger partial charge in [-0.2, -0.15) is 0 Å². The van der Waals surface area contributed by atoms with Crippen LogP contribution in [0.3, 0.4) is 0 Å². The van der Waals surface area contributed by atoms with Crippen LogP contribution in [0.15, 0.2) is 53.7 Å². The Kier molecular flexibility index (Phi) is 6.46. The Morgan fingerprint density at radius 2 is 1.89 bits per heavy atom. The van der Waals surface area contributed by atoms with Crippen molar-refractivity contribution in [3.63, 3.8) is 0 Å². The quantitative estimate of drug-likeness (QED) is 0.600. The van der Waals surface area contributed by atoms with Crippen LogP contribution < -0.4 is 5.32 Å². The molecule has 0 bridgehead atoms. The van der Waals surface area contributed by atoms with Gasteiger partial charge in [-0.15, -0.1) is 10.2 Å². The Bertz CT molecular complexity index is 955. The van der Waals surface area contributed by atoms with Crippen LogP contribution >= 0.6 is 11.8 Å². The molecule has 0 saturated heterocycles. The van der Waals surface area contributed by atoms with Crippen molar-refractivity contribution >= 4 is 17.7 Å². The standard InChI is InChI=1S/C21H23FN4OS/c1-4-13-23-20(27)15(3)28-21-25-24-19(17-7-5-6-8-18(17)22)26(21)16-11-9-14(2)10-12-16/h5-12,15H,4,13H2,1-3H3,(H,23,27). The van der Waals surface area contributed by atoms with Gasteiger partial charge < -0.3 is 5.32 Å². The minimum Gasteiger partial charge on any atom is -0.355 e. The van der Waals surface area contributed by atoms with Crippen LogP contribution in [-0.4, -0.2) is 32.5 Å². The lowest BCUT2D eigenvalue weighted by molar-refractivity contribution is -0.120. The molecule has 1 aromatic heterocycles. The van der Waals surface area contributed by atoms with Crippen LogP contribution in [0.4, 0.5) is 4.39 Å². The Hall–Kier alpha value is -2.67. The number of rotatable bonds is 7. The van der Waals surface area contributed by atoms with Gasteiger partial charge in [0.05, 0.1) is 10.8 Å². The number of aromatic nitrogens is 3. The Morgan fingerprint density at radius 3 is 2.57 bits per heavy atom. The number of halogens is 1. The van der Waals surface area contributed by atoms with Crippen LogP contribution in [0, 0.1) is 12.7 Å². The highest BCUT2D eigenvalue weighted by molar-refractivity contribution is 8.00. The van der Waals surface area contributed by atoms with Crippen molar-refractivity contribution < 1.29 is 9.18 Å². The lowest BCUT2D eigenvalue weighted by atomic mass is 10.2. The molecule has 1 atom stereocenters. The third-order valence-corrected chi connectivity index (χ3v) is 5.28. The molecule has 5 nitrogen and oxygen atoms in total. The van der Waals surface area contributed by atoms with E-state index in [1.54, 1.807) is 22.8 Å². The maximum absolute atomic E-state index is 14.4. The van der Waals surface area contributed by atoms with Gasteiger partial charge in [-0.3, -0.25) is 9.36 Å². The van der Waals surface area contributed by atoms with Crippen molar-refractivity contribution in [2.45, 2.75) is 37.6 Å². The summed E-state index contributed by atoms with van der Waals surface area (Å²) < 4.78 is 16.2. The molecule has 1 amide bonds. The maximum Gasteiger partial charge on any atom is 0.233 e. The predicted molar refractivity (Wildman–Crippen MR) is 110 cm³/mol. The zero-order valence-electron chi connectivity index (χ0n) is 16.1. The fourth-order valence-corrected chi connectivity index (χ4v) is 3.59. The first-order chi connectivity index (χ1) is 13.5. The van der Waals surface area contributed by atoms with E-state index < -0.39 is 0 Å². The van der Waals surface area contributed by atoms with Crippen LogP contribution in [0.25, 0.3) is 17.1 Å². The zero-order chi connectivity index (χ0) is 20.1. The van der Waals surface area contributed by atoms with E-state index in [4.69, 9.17) is 0 Å². The van der Waals surface area contributed by atoms with E-state index in [2.05, 4.69) is 15.5 Å². The van der Waals surface area contributed by atoms with Gasteiger partial charge in [0, 0.05) is 12.2 Å². The SMILES string of the molecule is CCCNC(=O)C(C)Sc1nnc(-c2ccccc2F)n1-c1ccc(C)cc1. The van der Waals surface area contributed by atoms with Gasteiger partial charge in [-0.1, -0.05) is 48.5 Å². The summed E-state index contributed by atoms with van der Waals surface area (Å²) in [5.41, 5.74) is 2.30. The summed E-state index contributed by atoms with van der Waals surface area (Å²) in [4.78, 5) is 12.3. The number of amides is 1. The molecule has 1 unspecified atom stereocenters. The van der Waals surface area contributed by atoms with Crippen molar-refractivity contribution in [2.24, 2.45) is 0 Å². The molecule has 1 N–H and O–H groups in total. The molecule has 0 spiro atoms. The second-order valence-electron chi connectivity index (χ2n) is 6.51. The first kappa shape index (κ1) is 20.1. The number of nitrogens with one attached hydrogen (secondary N) is 1. The summed E-state index contributed by atoms with van der Waals surface area (Å²) in [5, 5.41) is 11.6. The van der Waals surface area contributed by atoms with Crippen LogP contribution in [-0.2, 0) is 4.79 Å². The summed E-state index contributed by atoms with van der Waals surface area (Å²) in [6, 6.07) is 14.3. The van der Waals surface area contributed by atoms with Crippen LogP contribution in [0.2, 0.25) is 0 Å². The monoisotopic (exact) mass is 398 g/mol. The van der Waals surface area contributed by atoms with E-state index in [0.29, 0.717) is 23.1 Å². The number of carbonyl (C=O) groups excluding carboxylic acids is 1. The zero-order valence-corrected chi connectivity index (χ0v) is 17.0. The van der Waals surface area contributed by atoms with E-state index in [-0.39, 0.29) is 17.0 Å². The number of hydrogen-bond acceptors (Lipinski definition) is 4. The Labute approximate surface area is 168 Å². The third kappa shape index (κ3) is 4.42. The highest BCUT2D eigenvalue weighted by atomic mass is 32.2. The molecule has 0 aliphatic rings. The molecule has 2 aromatic carbocycles. The van der Waals surface area contributed by atoms with Gasteiger partial charge in [0.25, 0.3) is 0 Å². The topological polar surface area (TPSA) is 59.8 Å². The van der Waals surface area contributed by atoms with Crippen molar-refractivity contribution in [1.29, 1.82) is 0 Å². The second kappa shape index (κ2) is 9.01. The average Bonchev–Trinajstić information content (AvgIpc) is 3.10. The summed E-state index contributed by atoms with van der Waals surface area (Å²) in [5.74, 6) is -0.0167. The number of thioether (sulfide) groups is 1. The molecule has 0 saturated carbocycles. The molecular formula is C21H23FN4OS. The molecule has 0 fully saturated rings. The Balaban J connectivity index is 2.02.